The van der Waals surface area contributed by atoms with Crippen molar-refractivity contribution in [3.05, 3.63) is 30.1 Å². The molecular weight excluding hydrogens is 421 g/mol. The molecule has 1 aromatic carbocycles. The number of carbonyl (C=O) groups excluding carboxylic acids is 1. The van der Waals surface area contributed by atoms with Gasteiger partial charge in [-0.25, -0.2) is 25.5 Å². The van der Waals surface area contributed by atoms with E-state index in [-0.39, 0.29) is 37.0 Å². The maximum absolute atomic E-state index is 13.1. The van der Waals surface area contributed by atoms with Crippen molar-refractivity contribution in [1.82, 2.24) is 13.5 Å². The van der Waals surface area contributed by atoms with Gasteiger partial charge in [-0.3, -0.25) is 4.79 Å². The second-order valence-electron chi connectivity index (χ2n) is 7.50. The number of amides is 1. The van der Waals surface area contributed by atoms with E-state index < -0.39 is 31.8 Å². The van der Waals surface area contributed by atoms with Crippen LogP contribution >= 0.6 is 0 Å². The molecule has 1 aromatic rings. The van der Waals surface area contributed by atoms with Crippen molar-refractivity contribution in [2.24, 2.45) is 5.92 Å². The Hall–Kier alpha value is -1.56. The minimum Gasteiger partial charge on any atom is -0.341 e. The molecule has 0 radical (unpaired) electrons. The van der Waals surface area contributed by atoms with Gasteiger partial charge < -0.3 is 4.90 Å². The summed E-state index contributed by atoms with van der Waals surface area (Å²) in [6.45, 7) is 1.67. The highest BCUT2D eigenvalue weighted by Gasteiger charge is 2.34. The molecule has 29 heavy (non-hydrogen) atoms. The molecule has 1 unspecified atom stereocenters. The minimum atomic E-state index is -3.76. The van der Waals surface area contributed by atoms with Gasteiger partial charge in [-0.1, -0.05) is 0 Å². The monoisotopic (exact) mass is 447 g/mol. The van der Waals surface area contributed by atoms with Crippen LogP contribution in [0.2, 0.25) is 0 Å². The SMILES string of the molecule is CS(=O)(=O)N1CCCC(C(=O)N2CCCN(S(=O)(=O)c3ccc(F)cc3)CC2)C1. The van der Waals surface area contributed by atoms with Gasteiger partial charge in [-0.2, -0.15) is 4.31 Å². The predicted octanol–water partition coefficient (Wildman–Crippen LogP) is 0.720. The molecule has 2 heterocycles. The lowest BCUT2D eigenvalue weighted by atomic mass is 9.98. The lowest BCUT2D eigenvalue weighted by Gasteiger charge is -2.33. The standard InChI is InChI=1S/C18H26FN3O5S2/c1-28(24,25)22-10-2-4-15(14-22)18(23)20-9-3-11-21(13-12-20)29(26,27)17-7-5-16(19)6-8-17/h5-8,15H,2-4,9-14H2,1H3. The van der Waals surface area contributed by atoms with Crippen molar-refractivity contribution in [1.29, 1.82) is 0 Å². The van der Waals surface area contributed by atoms with Gasteiger partial charge in [-0.15, -0.1) is 0 Å². The Morgan fingerprint density at radius 1 is 0.931 bits per heavy atom. The second kappa shape index (κ2) is 8.66. The Morgan fingerprint density at radius 2 is 1.59 bits per heavy atom. The van der Waals surface area contributed by atoms with Gasteiger partial charge in [-0.05, 0) is 43.5 Å². The number of sulfonamides is 2. The smallest absolute Gasteiger partial charge is 0.243 e. The van der Waals surface area contributed by atoms with Gasteiger partial charge in [0.2, 0.25) is 26.0 Å². The van der Waals surface area contributed by atoms with Crippen LogP contribution < -0.4 is 0 Å². The lowest BCUT2D eigenvalue weighted by molar-refractivity contribution is -0.136. The number of halogens is 1. The maximum Gasteiger partial charge on any atom is 0.243 e. The molecule has 1 atom stereocenters. The molecule has 0 saturated carbocycles. The Labute approximate surface area is 171 Å². The fourth-order valence-corrected chi connectivity index (χ4v) is 6.19. The van der Waals surface area contributed by atoms with E-state index in [0.717, 1.165) is 18.4 Å². The highest BCUT2D eigenvalue weighted by Crippen LogP contribution is 2.23. The normalized spacial score (nSPS) is 23.0. The average molecular weight is 448 g/mol. The molecule has 0 N–H and O–H groups in total. The summed E-state index contributed by atoms with van der Waals surface area (Å²) in [5.41, 5.74) is 0. The molecule has 2 aliphatic heterocycles. The number of carbonyl (C=O) groups is 1. The van der Waals surface area contributed by atoms with Crippen LogP contribution in [0.15, 0.2) is 29.2 Å². The zero-order valence-corrected chi connectivity index (χ0v) is 18.0. The lowest BCUT2D eigenvalue weighted by Crippen LogP contribution is -2.47. The van der Waals surface area contributed by atoms with E-state index in [1.807, 2.05) is 0 Å². The van der Waals surface area contributed by atoms with E-state index in [1.54, 1.807) is 4.90 Å². The molecule has 8 nitrogen and oxygen atoms in total. The highest BCUT2D eigenvalue weighted by atomic mass is 32.2. The van der Waals surface area contributed by atoms with Crippen LogP contribution in [0.3, 0.4) is 0 Å². The number of rotatable bonds is 4. The zero-order chi connectivity index (χ0) is 21.2. The Bertz CT molecular complexity index is 950. The van der Waals surface area contributed by atoms with Crippen LogP contribution in [0.25, 0.3) is 0 Å². The van der Waals surface area contributed by atoms with E-state index in [9.17, 15) is 26.0 Å². The van der Waals surface area contributed by atoms with Crippen LogP contribution in [-0.2, 0) is 24.8 Å². The van der Waals surface area contributed by atoms with E-state index in [1.165, 1.54) is 20.7 Å². The van der Waals surface area contributed by atoms with Crippen molar-refractivity contribution in [3.63, 3.8) is 0 Å². The Kier molecular flexibility index (Phi) is 6.61. The van der Waals surface area contributed by atoms with Crippen molar-refractivity contribution in [2.75, 3.05) is 45.5 Å². The summed E-state index contributed by atoms with van der Waals surface area (Å²) in [6, 6.07) is 4.69. The van der Waals surface area contributed by atoms with Gasteiger partial charge >= 0.3 is 0 Å². The summed E-state index contributed by atoms with van der Waals surface area (Å²) in [7, 11) is -7.11. The number of piperidine rings is 1. The molecule has 2 fully saturated rings. The van der Waals surface area contributed by atoms with Crippen molar-refractivity contribution >= 4 is 26.0 Å². The van der Waals surface area contributed by atoms with Crippen LogP contribution in [0.1, 0.15) is 19.3 Å². The number of hydrogen-bond acceptors (Lipinski definition) is 5. The third-order valence-corrected chi connectivity index (χ3v) is 8.60. The highest BCUT2D eigenvalue weighted by molar-refractivity contribution is 7.89. The van der Waals surface area contributed by atoms with Crippen LogP contribution in [0, 0.1) is 11.7 Å². The van der Waals surface area contributed by atoms with Crippen LogP contribution in [0.4, 0.5) is 4.39 Å². The Balaban J connectivity index is 1.66. The van der Waals surface area contributed by atoms with Gasteiger partial charge in [0.1, 0.15) is 5.82 Å². The van der Waals surface area contributed by atoms with Crippen LogP contribution in [-0.4, -0.2) is 81.8 Å². The van der Waals surface area contributed by atoms with E-state index in [2.05, 4.69) is 0 Å². The van der Waals surface area contributed by atoms with Crippen LogP contribution in [0.5, 0.6) is 0 Å². The summed E-state index contributed by atoms with van der Waals surface area (Å²) in [4.78, 5) is 14.6. The fraction of sp³-hybridized carbons (Fsp3) is 0.611. The third-order valence-electron chi connectivity index (χ3n) is 5.42. The molecule has 0 aliphatic carbocycles. The van der Waals surface area contributed by atoms with Crippen molar-refractivity contribution in [3.8, 4) is 0 Å². The number of hydrogen-bond donors (Lipinski definition) is 0. The molecular formula is C18H26FN3O5S2. The molecule has 3 rings (SSSR count). The molecule has 1 amide bonds. The van der Waals surface area contributed by atoms with Crippen molar-refractivity contribution in [2.45, 2.75) is 24.2 Å². The van der Waals surface area contributed by atoms with Crippen molar-refractivity contribution < 1.29 is 26.0 Å². The molecule has 0 spiro atoms. The minimum absolute atomic E-state index is 0.0229. The predicted molar refractivity (Wildman–Crippen MR) is 105 cm³/mol. The molecule has 2 saturated heterocycles. The average Bonchev–Trinajstić information content (AvgIpc) is 2.94. The summed E-state index contributed by atoms with van der Waals surface area (Å²) in [5.74, 6) is -1.04. The maximum atomic E-state index is 13.1. The first-order valence-corrected chi connectivity index (χ1v) is 12.9. The first-order chi connectivity index (χ1) is 13.6. The van der Waals surface area contributed by atoms with E-state index in [4.69, 9.17) is 0 Å². The first kappa shape index (κ1) is 22.1. The first-order valence-electron chi connectivity index (χ1n) is 9.58. The van der Waals surface area contributed by atoms with Gasteiger partial charge in [0.25, 0.3) is 0 Å². The van der Waals surface area contributed by atoms with E-state index >= 15 is 0 Å². The molecule has 2 aliphatic rings. The number of nitrogens with zero attached hydrogens (tertiary/aromatic N) is 3. The molecule has 0 aromatic heterocycles. The number of benzene rings is 1. The second-order valence-corrected chi connectivity index (χ2v) is 11.4. The molecule has 11 heteroatoms. The van der Waals surface area contributed by atoms with E-state index in [0.29, 0.717) is 32.4 Å². The summed E-state index contributed by atoms with van der Waals surface area (Å²) in [5, 5.41) is 0. The topological polar surface area (TPSA) is 95.1 Å². The summed E-state index contributed by atoms with van der Waals surface area (Å²) in [6.07, 6.45) is 2.87. The summed E-state index contributed by atoms with van der Waals surface area (Å²) >= 11 is 0. The Morgan fingerprint density at radius 3 is 2.24 bits per heavy atom. The third kappa shape index (κ3) is 5.14. The van der Waals surface area contributed by atoms with Gasteiger partial charge in [0.05, 0.1) is 17.1 Å². The largest absolute Gasteiger partial charge is 0.341 e. The summed E-state index contributed by atoms with van der Waals surface area (Å²) < 4.78 is 65.0. The van der Waals surface area contributed by atoms with Gasteiger partial charge in [0, 0.05) is 39.3 Å². The molecule has 0 bridgehead atoms. The van der Waals surface area contributed by atoms with Gasteiger partial charge in [0.15, 0.2) is 0 Å². The zero-order valence-electron chi connectivity index (χ0n) is 16.3. The quantitative estimate of drug-likeness (QED) is 0.678. The molecule has 162 valence electrons. The fourth-order valence-electron chi connectivity index (χ4n) is 3.81.